The number of rotatable bonds is 3. The molecule has 3 aromatic rings. The number of aryl methyl sites for hydroxylation is 1. The van der Waals surface area contributed by atoms with Crippen LogP contribution in [-0.4, -0.2) is 22.3 Å². The third-order valence-corrected chi connectivity index (χ3v) is 5.05. The Morgan fingerprint density at radius 3 is 2.79 bits per heavy atom. The summed E-state index contributed by atoms with van der Waals surface area (Å²) in [7, 11) is 0. The second-order valence-corrected chi connectivity index (χ2v) is 6.69. The van der Waals surface area contributed by atoms with Gasteiger partial charge >= 0.3 is 0 Å². The fourth-order valence-corrected chi connectivity index (χ4v) is 3.74. The third kappa shape index (κ3) is 2.71. The predicted molar refractivity (Wildman–Crippen MR) is 96.9 cm³/mol. The van der Waals surface area contributed by atoms with Crippen molar-refractivity contribution in [2.75, 3.05) is 6.54 Å². The number of carbonyl (C=O) groups is 1. The lowest BCUT2D eigenvalue weighted by Gasteiger charge is -2.25. The maximum Gasteiger partial charge on any atom is 0.227 e. The highest BCUT2D eigenvalue weighted by Crippen LogP contribution is 2.33. The average Bonchev–Trinajstić information content (AvgIpc) is 3.23. The van der Waals surface area contributed by atoms with Crippen LogP contribution in [0.2, 0.25) is 0 Å². The number of aromatic nitrogens is 1. The van der Waals surface area contributed by atoms with Crippen molar-refractivity contribution in [2.45, 2.75) is 32.2 Å². The van der Waals surface area contributed by atoms with E-state index in [2.05, 4.69) is 47.1 Å². The van der Waals surface area contributed by atoms with E-state index < -0.39 is 0 Å². The van der Waals surface area contributed by atoms with Gasteiger partial charge in [0, 0.05) is 23.6 Å². The number of carbonyl (C=O) groups excluding carboxylic acids is 1. The van der Waals surface area contributed by atoms with Crippen molar-refractivity contribution in [3.8, 4) is 0 Å². The number of hydrogen-bond donors (Lipinski definition) is 1. The number of fused-ring (bicyclic) bond motifs is 1. The van der Waals surface area contributed by atoms with Gasteiger partial charge in [0.1, 0.15) is 0 Å². The van der Waals surface area contributed by atoms with Crippen LogP contribution in [0.15, 0.2) is 54.7 Å². The molecule has 1 saturated heterocycles. The highest BCUT2D eigenvalue weighted by molar-refractivity contribution is 5.89. The number of nitrogens with zero attached hydrogens (tertiary/aromatic N) is 1. The number of H-pyrrole nitrogens is 1. The van der Waals surface area contributed by atoms with Gasteiger partial charge in [-0.15, -0.1) is 0 Å². The van der Waals surface area contributed by atoms with E-state index in [0.717, 1.165) is 35.9 Å². The second-order valence-electron chi connectivity index (χ2n) is 6.69. The topological polar surface area (TPSA) is 36.1 Å². The zero-order valence-electron chi connectivity index (χ0n) is 14.0. The molecule has 24 heavy (non-hydrogen) atoms. The first-order valence-corrected chi connectivity index (χ1v) is 8.63. The van der Waals surface area contributed by atoms with E-state index in [9.17, 15) is 4.79 Å². The van der Waals surface area contributed by atoms with Gasteiger partial charge in [0.15, 0.2) is 0 Å². The van der Waals surface area contributed by atoms with Gasteiger partial charge in [0.05, 0.1) is 12.5 Å². The monoisotopic (exact) mass is 318 g/mol. The summed E-state index contributed by atoms with van der Waals surface area (Å²) in [6.07, 6.45) is 4.58. The first-order chi connectivity index (χ1) is 11.7. The van der Waals surface area contributed by atoms with Crippen LogP contribution in [-0.2, 0) is 11.2 Å². The van der Waals surface area contributed by atoms with Gasteiger partial charge in [-0.1, -0.05) is 48.0 Å². The number of hydrogen-bond acceptors (Lipinski definition) is 1. The molecule has 2 aromatic carbocycles. The quantitative estimate of drug-likeness (QED) is 0.764. The molecule has 122 valence electrons. The Morgan fingerprint density at radius 2 is 1.96 bits per heavy atom. The molecular formula is C21H22N2O. The van der Waals surface area contributed by atoms with Crippen LogP contribution in [0.1, 0.15) is 35.6 Å². The number of para-hydroxylation sites is 1. The first-order valence-electron chi connectivity index (χ1n) is 8.63. The predicted octanol–water partition coefficient (Wildman–Crippen LogP) is 4.38. The number of amides is 1. The normalized spacial score (nSPS) is 17.5. The minimum atomic E-state index is 0.225. The number of benzene rings is 2. The van der Waals surface area contributed by atoms with E-state index in [-0.39, 0.29) is 11.9 Å². The zero-order valence-corrected chi connectivity index (χ0v) is 14.0. The van der Waals surface area contributed by atoms with Crippen LogP contribution in [0.25, 0.3) is 10.9 Å². The smallest absolute Gasteiger partial charge is 0.227 e. The van der Waals surface area contributed by atoms with E-state index in [4.69, 9.17) is 0 Å². The molecule has 0 radical (unpaired) electrons. The maximum absolute atomic E-state index is 12.9. The summed E-state index contributed by atoms with van der Waals surface area (Å²) in [5, 5.41) is 1.15. The van der Waals surface area contributed by atoms with Gasteiger partial charge in [-0.3, -0.25) is 4.79 Å². The molecule has 0 bridgehead atoms. The van der Waals surface area contributed by atoms with E-state index in [0.29, 0.717) is 6.42 Å². The zero-order chi connectivity index (χ0) is 16.5. The molecule has 4 rings (SSSR count). The molecule has 3 heteroatoms. The largest absolute Gasteiger partial charge is 0.361 e. The van der Waals surface area contributed by atoms with Gasteiger partial charge in [-0.2, -0.15) is 0 Å². The van der Waals surface area contributed by atoms with Crippen molar-refractivity contribution in [2.24, 2.45) is 0 Å². The van der Waals surface area contributed by atoms with Crippen LogP contribution >= 0.6 is 0 Å². The van der Waals surface area contributed by atoms with E-state index >= 15 is 0 Å². The minimum Gasteiger partial charge on any atom is -0.361 e. The molecule has 1 aliphatic heterocycles. The van der Waals surface area contributed by atoms with Crippen molar-refractivity contribution in [3.05, 3.63) is 71.4 Å². The van der Waals surface area contributed by atoms with Crippen molar-refractivity contribution in [1.29, 1.82) is 0 Å². The molecule has 0 spiro atoms. The minimum absolute atomic E-state index is 0.225. The maximum atomic E-state index is 12.9. The molecule has 1 unspecified atom stereocenters. The van der Waals surface area contributed by atoms with Gasteiger partial charge in [-0.25, -0.2) is 0 Å². The lowest BCUT2D eigenvalue weighted by atomic mass is 10.0. The van der Waals surface area contributed by atoms with Gasteiger partial charge < -0.3 is 9.88 Å². The summed E-state index contributed by atoms with van der Waals surface area (Å²) < 4.78 is 0. The molecule has 1 atom stereocenters. The molecule has 0 aliphatic carbocycles. The van der Waals surface area contributed by atoms with Gasteiger partial charge in [0.2, 0.25) is 5.91 Å². The molecule has 1 aliphatic rings. The molecule has 0 saturated carbocycles. The molecule has 1 N–H and O–H groups in total. The van der Waals surface area contributed by atoms with Crippen LogP contribution in [0, 0.1) is 6.92 Å². The van der Waals surface area contributed by atoms with Crippen LogP contribution in [0.4, 0.5) is 0 Å². The Hall–Kier alpha value is -2.55. The van der Waals surface area contributed by atoms with Crippen molar-refractivity contribution >= 4 is 16.8 Å². The summed E-state index contributed by atoms with van der Waals surface area (Å²) in [6.45, 7) is 2.96. The molecule has 3 nitrogen and oxygen atoms in total. The standard InChI is InChI=1S/C21H22N2O/c1-15-8-10-16(11-9-15)20-7-4-12-23(20)21(24)13-17-14-22-19-6-3-2-5-18(17)19/h2-3,5-6,8-11,14,20,22H,4,7,12-13H2,1H3. The Labute approximate surface area is 142 Å². The Morgan fingerprint density at radius 1 is 1.17 bits per heavy atom. The number of likely N-dealkylation sites (tertiary alicyclic amines) is 1. The van der Waals surface area contributed by atoms with Crippen LogP contribution in [0.3, 0.4) is 0 Å². The Bertz CT molecular complexity index is 863. The van der Waals surface area contributed by atoms with E-state index in [1.165, 1.54) is 11.1 Å². The Balaban J connectivity index is 1.56. The van der Waals surface area contributed by atoms with Crippen LogP contribution < -0.4 is 0 Å². The summed E-state index contributed by atoms with van der Waals surface area (Å²) in [5.74, 6) is 0.225. The van der Waals surface area contributed by atoms with Crippen molar-refractivity contribution < 1.29 is 4.79 Å². The highest BCUT2D eigenvalue weighted by Gasteiger charge is 2.30. The number of nitrogens with one attached hydrogen (secondary N) is 1. The third-order valence-electron chi connectivity index (χ3n) is 5.05. The van der Waals surface area contributed by atoms with Crippen molar-refractivity contribution in [3.63, 3.8) is 0 Å². The van der Waals surface area contributed by atoms with E-state index in [1.54, 1.807) is 0 Å². The number of aromatic amines is 1. The van der Waals surface area contributed by atoms with Crippen LogP contribution in [0.5, 0.6) is 0 Å². The average molecular weight is 318 g/mol. The molecule has 2 heterocycles. The summed E-state index contributed by atoms with van der Waals surface area (Å²) >= 11 is 0. The Kier molecular flexibility index (Phi) is 3.85. The SMILES string of the molecule is Cc1ccc(C2CCCN2C(=O)Cc2c[nH]c3ccccc23)cc1. The first kappa shape index (κ1) is 15.0. The second kappa shape index (κ2) is 6.16. The lowest BCUT2D eigenvalue weighted by Crippen LogP contribution is -2.31. The summed E-state index contributed by atoms with van der Waals surface area (Å²) in [4.78, 5) is 18.2. The highest BCUT2D eigenvalue weighted by atomic mass is 16.2. The summed E-state index contributed by atoms with van der Waals surface area (Å²) in [5.41, 5.74) is 4.70. The molecule has 1 aromatic heterocycles. The lowest BCUT2D eigenvalue weighted by molar-refractivity contribution is -0.131. The van der Waals surface area contributed by atoms with E-state index in [1.807, 2.05) is 24.4 Å². The van der Waals surface area contributed by atoms with Gasteiger partial charge in [0.25, 0.3) is 0 Å². The molecule has 1 fully saturated rings. The molecule has 1 amide bonds. The molecular weight excluding hydrogens is 296 g/mol. The fourth-order valence-electron chi connectivity index (χ4n) is 3.74. The summed E-state index contributed by atoms with van der Waals surface area (Å²) in [6, 6.07) is 17.0. The fraction of sp³-hybridized carbons (Fsp3) is 0.286. The van der Waals surface area contributed by atoms with Gasteiger partial charge in [-0.05, 0) is 37.0 Å². The van der Waals surface area contributed by atoms with Crippen molar-refractivity contribution in [1.82, 2.24) is 9.88 Å².